The minimum atomic E-state index is -0.812. The van der Waals surface area contributed by atoms with Crippen molar-refractivity contribution in [2.24, 2.45) is 11.8 Å². The molecule has 2 atom stereocenters. The van der Waals surface area contributed by atoms with Crippen LogP contribution in [0, 0.1) is 11.8 Å². The standard InChI is InChI=1S/C30H21BrN2O3/c31-30-21-13-5-3-11-19(21)25(20-12-4-6-14-22(20)30)26-27(30)29(36)33(28(26)35)16-24(34)32-23-15-7-9-17-8-1-2-10-18(17)23/h1-15,25-27H,16H2,(H,32,34)/t25?,26-,27-,30?/m1/s1. The minimum absolute atomic E-state index is 0.218. The molecule has 1 N–H and O–H groups in total. The number of nitrogens with zero attached hydrogens (tertiary/aromatic N) is 1. The van der Waals surface area contributed by atoms with Crippen molar-refractivity contribution in [2.45, 2.75) is 10.2 Å². The number of amides is 3. The highest BCUT2D eigenvalue weighted by molar-refractivity contribution is 9.09. The number of rotatable bonds is 3. The van der Waals surface area contributed by atoms with E-state index < -0.39 is 22.1 Å². The highest BCUT2D eigenvalue weighted by Gasteiger charge is 2.67. The van der Waals surface area contributed by atoms with Gasteiger partial charge in [-0.15, -0.1) is 0 Å². The van der Waals surface area contributed by atoms with E-state index in [4.69, 9.17) is 0 Å². The van der Waals surface area contributed by atoms with Gasteiger partial charge in [0, 0.05) is 17.0 Å². The number of halogens is 1. The molecule has 0 aromatic heterocycles. The lowest BCUT2D eigenvalue weighted by Gasteiger charge is -2.51. The summed E-state index contributed by atoms with van der Waals surface area (Å²) in [5, 5.41) is 4.83. The lowest BCUT2D eigenvalue weighted by atomic mass is 9.55. The Morgan fingerprint density at radius 2 is 1.42 bits per heavy atom. The number of carbonyl (C=O) groups excluding carboxylic acids is 3. The summed E-state index contributed by atoms with van der Waals surface area (Å²) in [5.74, 6) is -2.35. The average Bonchev–Trinajstić information content (AvgIpc) is 3.15. The molecule has 36 heavy (non-hydrogen) atoms. The van der Waals surface area contributed by atoms with E-state index in [0.29, 0.717) is 5.69 Å². The van der Waals surface area contributed by atoms with Crippen molar-refractivity contribution in [1.82, 2.24) is 4.90 Å². The SMILES string of the molecule is O=C(CN1C(=O)[C@@H]2C3c4ccccc4C(Br)(c4ccccc43)[C@H]2C1=O)Nc1cccc2ccccc12. The van der Waals surface area contributed by atoms with Gasteiger partial charge >= 0.3 is 0 Å². The second-order valence-electron chi connectivity index (χ2n) is 9.70. The number of benzene rings is 4. The van der Waals surface area contributed by atoms with Crippen LogP contribution in [-0.4, -0.2) is 29.2 Å². The highest BCUT2D eigenvalue weighted by atomic mass is 79.9. The lowest BCUT2D eigenvalue weighted by Crippen LogP contribution is -2.50. The van der Waals surface area contributed by atoms with Crippen LogP contribution in [0.3, 0.4) is 0 Å². The van der Waals surface area contributed by atoms with Crippen LogP contribution in [0.2, 0.25) is 0 Å². The summed E-state index contributed by atoms with van der Waals surface area (Å²) in [5.41, 5.74) is 4.85. The van der Waals surface area contributed by atoms with Crippen LogP contribution in [0.25, 0.3) is 10.8 Å². The van der Waals surface area contributed by atoms with E-state index >= 15 is 0 Å². The van der Waals surface area contributed by atoms with Crippen molar-refractivity contribution in [1.29, 1.82) is 0 Å². The molecule has 3 amide bonds. The topological polar surface area (TPSA) is 66.5 Å². The molecule has 6 heteroatoms. The number of nitrogens with one attached hydrogen (secondary N) is 1. The van der Waals surface area contributed by atoms with Crippen LogP contribution < -0.4 is 5.32 Å². The van der Waals surface area contributed by atoms with Crippen LogP contribution in [0.15, 0.2) is 91.0 Å². The summed E-state index contributed by atoms with van der Waals surface area (Å²) in [6.07, 6.45) is 0. The number of fused-ring (bicyclic) bond motifs is 1. The number of imide groups is 1. The molecule has 3 aliphatic carbocycles. The Hall–Kier alpha value is -3.77. The third-order valence-corrected chi connectivity index (χ3v) is 9.32. The van der Waals surface area contributed by atoms with Gasteiger partial charge in [0.1, 0.15) is 6.54 Å². The third-order valence-electron chi connectivity index (χ3n) is 7.97. The van der Waals surface area contributed by atoms with Gasteiger partial charge in [-0.25, -0.2) is 0 Å². The first-order chi connectivity index (χ1) is 17.5. The Morgan fingerprint density at radius 1 is 0.806 bits per heavy atom. The van der Waals surface area contributed by atoms with E-state index in [2.05, 4.69) is 33.4 Å². The third kappa shape index (κ3) is 2.73. The van der Waals surface area contributed by atoms with Gasteiger partial charge in [-0.3, -0.25) is 19.3 Å². The molecule has 1 fully saturated rings. The molecule has 0 saturated carbocycles. The van der Waals surface area contributed by atoms with E-state index in [1.54, 1.807) is 0 Å². The summed E-state index contributed by atoms with van der Waals surface area (Å²) in [4.78, 5) is 42.0. The van der Waals surface area contributed by atoms with Gasteiger partial charge < -0.3 is 5.32 Å². The Bertz CT molecular complexity index is 1560. The number of alkyl halides is 1. The molecule has 4 aliphatic rings. The van der Waals surface area contributed by atoms with Crippen molar-refractivity contribution < 1.29 is 14.4 Å². The summed E-state index contributed by atoms with van der Waals surface area (Å²) >= 11 is 3.98. The zero-order valence-electron chi connectivity index (χ0n) is 19.1. The molecule has 2 bridgehead atoms. The number of likely N-dealkylation sites (tertiary alicyclic amines) is 1. The quantitative estimate of drug-likeness (QED) is 0.290. The molecular weight excluding hydrogens is 516 g/mol. The number of hydrogen-bond donors (Lipinski definition) is 1. The Kier molecular flexibility index (Phi) is 4.55. The van der Waals surface area contributed by atoms with Gasteiger partial charge in [0.15, 0.2) is 0 Å². The molecule has 4 aromatic carbocycles. The fraction of sp³-hybridized carbons (Fsp3) is 0.167. The number of anilines is 1. The second kappa shape index (κ2) is 7.61. The van der Waals surface area contributed by atoms with Crippen LogP contribution in [0.5, 0.6) is 0 Å². The zero-order chi connectivity index (χ0) is 24.6. The Balaban J connectivity index is 1.25. The summed E-state index contributed by atoms with van der Waals surface area (Å²) < 4.78 is -0.812. The molecule has 8 rings (SSSR count). The normalized spacial score (nSPS) is 25.5. The fourth-order valence-corrected chi connectivity index (χ4v) is 7.77. The van der Waals surface area contributed by atoms with Crippen molar-refractivity contribution in [3.63, 3.8) is 0 Å². The van der Waals surface area contributed by atoms with Crippen molar-refractivity contribution in [3.05, 3.63) is 113 Å². The molecule has 5 nitrogen and oxygen atoms in total. The lowest BCUT2D eigenvalue weighted by molar-refractivity contribution is -0.142. The predicted octanol–water partition coefficient (Wildman–Crippen LogP) is 5.18. The van der Waals surface area contributed by atoms with Gasteiger partial charge in [-0.05, 0) is 33.7 Å². The summed E-state index contributed by atoms with van der Waals surface area (Å²) in [6, 6.07) is 29.5. The highest BCUT2D eigenvalue weighted by Crippen LogP contribution is 2.66. The monoisotopic (exact) mass is 536 g/mol. The van der Waals surface area contributed by atoms with Crippen LogP contribution in [0.1, 0.15) is 28.2 Å². The van der Waals surface area contributed by atoms with E-state index in [0.717, 1.165) is 37.9 Å². The first-order valence-corrected chi connectivity index (χ1v) is 12.8. The van der Waals surface area contributed by atoms with Crippen molar-refractivity contribution in [3.8, 4) is 0 Å². The van der Waals surface area contributed by atoms with Gasteiger partial charge in [0.05, 0.1) is 16.2 Å². The molecule has 0 spiro atoms. The van der Waals surface area contributed by atoms with Crippen LogP contribution in [0.4, 0.5) is 5.69 Å². The molecule has 4 aromatic rings. The maximum atomic E-state index is 13.9. The van der Waals surface area contributed by atoms with Crippen LogP contribution in [-0.2, 0) is 18.7 Å². The molecule has 1 aliphatic heterocycles. The molecule has 0 unspecified atom stereocenters. The number of carbonyl (C=O) groups is 3. The second-order valence-corrected chi connectivity index (χ2v) is 11.0. The van der Waals surface area contributed by atoms with E-state index in [1.807, 2.05) is 78.9 Å². The smallest absolute Gasteiger partial charge is 0.244 e. The molecule has 1 heterocycles. The van der Waals surface area contributed by atoms with Crippen molar-refractivity contribution in [2.75, 3.05) is 11.9 Å². The minimum Gasteiger partial charge on any atom is -0.324 e. The van der Waals surface area contributed by atoms with Gasteiger partial charge in [0.25, 0.3) is 0 Å². The van der Waals surface area contributed by atoms with Crippen molar-refractivity contribution >= 4 is 50.1 Å². The van der Waals surface area contributed by atoms with E-state index in [9.17, 15) is 14.4 Å². The Morgan fingerprint density at radius 3 is 2.14 bits per heavy atom. The largest absolute Gasteiger partial charge is 0.324 e. The van der Waals surface area contributed by atoms with Gasteiger partial charge in [-0.1, -0.05) is 101 Å². The summed E-state index contributed by atoms with van der Waals surface area (Å²) in [6.45, 7) is -0.309. The first kappa shape index (κ1) is 21.5. The number of hydrogen-bond acceptors (Lipinski definition) is 3. The molecule has 0 radical (unpaired) electrons. The van der Waals surface area contributed by atoms with Gasteiger partial charge in [-0.2, -0.15) is 0 Å². The van der Waals surface area contributed by atoms with Crippen LogP contribution >= 0.6 is 15.9 Å². The molecule has 1 saturated heterocycles. The average molecular weight is 537 g/mol. The predicted molar refractivity (Wildman–Crippen MR) is 141 cm³/mol. The maximum Gasteiger partial charge on any atom is 0.244 e. The van der Waals surface area contributed by atoms with Gasteiger partial charge in [0.2, 0.25) is 17.7 Å². The molecule has 176 valence electrons. The fourth-order valence-electron chi connectivity index (χ4n) is 6.56. The first-order valence-electron chi connectivity index (χ1n) is 12.0. The van der Waals surface area contributed by atoms with E-state index in [-0.39, 0.29) is 24.3 Å². The molecular formula is C30H21BrN2O3. The maximum absolute atomic E-state index is 13.9. The summed E-state index contributed by atoms with van der Waals surface area (Å²) in [7, 11) is 0. The van der Waals surface area contributed by atoms with E-state index in [1.165, 1.54) is 0 Å². The Labute approximate surface area is 216 Å². The zero-order valence-corrected chi connectivity index (χ0v) is 20.7.